The zero-order valence-corrected chi connectivity index (χ0v) is 17.6. The Bertz CT molecular complexity index is 956. The lowest BCUT2D eigenvalue weighted by Gasteiger charge is -2.39. The number of amides is 3. The summed E-state index contributed by atoms with van der Waals surface area (Å²) >= 11 is 0. The van der Waals surface area contributed by atoms with Gasteiger partial charge in [0.25, 0.3) is 0 Å². The van der Waals surface area contributed by atoms with Crippen molar-refractivity contribution >= 4 is 28.7 Å². The number of likely N-dealkylation sites (tertiary alicyclic amines) is 1. The van der Waals surface area contributed by atoms with E-state index in [0.29, 0.717) is 24.7 Å². The smallest absolute Gasteiger partial charge is 0.317 e. The van der Waals surface area contributed by atoms with Crippen molar-refractivity contribution in [2.45, 2.75) is 44.1 Å². The topological polar surface area (TPSA) is 82.5 Å². The van der Waals surface area contributed by atoms with Gasteiger partial charge in [-0.1, -0.05) is 6.07 Å². The standard InChI is InChI=1S/C22H30N6O2/c1-26-19-14-16(15-6-11-27(12-7-15)17-4-9-23-10-5-17)2-3-18(19)21(25-26)28-13-8-20(29)24-22(28)30/h2-3,14-15,17,23H,4-13H2,1H3,(H,24,29,30). The molecule has 0 unspecified atom stereocenters. The van der Waals surface area contributed by atoms with Gasteiger partial charge in [-0.05, 0) is 75.5 Å². The molecule has 1 aromatic heterocycles. The van der Waals surface area contributed by atoms with Crippen LogP contribution in [0.15, 0.2) is 18.2 Å². The molecule has 3 fully saturated rings. The summed E-state index contributed by atoms with van der Waals surface area (Å²) in [7, 11) is 1.92. The van der Waals surface area contributed by atoms with E-state index in [0.717, 1.165) is 30.0 Å². The van der Waals surface area contributed by atoms with Crippen molar-refractivity contribution in [3.8, 4) is 0 Å². The van der Waals surface area contributed by atoms with Gasteiger partial charge in [0.1, 0.15) is 0 Å². The van der Waals surface area contributed by atoms with E-state index >= 15 is 0 Å². The van der Waals surface area contributed by atoms with Crippen molar-refractivity contribution in [1.82, 2.24) is 25.3 Å². The van der Waals surface area contributed by atoms with E-state index < -0.39 is 0 Å². The maximum absolute atomic E-state index is 12.3. The first-order valence-corrected chi connectivity index (χ1v) is 11.1. The Kier molecular flexibility index (Phi) is 5.20. The van der Waals surface area contributed by atoms with Crippen molar-refractivity contribution in [3.63, 3.8) is 0 Å². The molecule has 4 heterocycles. The third-order valence-electron chi connectivity index (χ3n) is 6.99. The molecular weight excluding hydrogens is 380 g/mol. The summed E-state index contributed by atoms with van der Waals surface area (Å²) in [5.74, 6) is 0.973. The van der Waals surface area contributed by atoms with Gasteiger partial charge in [-0.2, -0.15) is 5.10 Å². The van der Waals surface area contributed by atoms with E-state index in [4.69, 9.17) is 0 Å². The largest absolute Gasteiger partial charge is 0.329 e. The number of piperidine rings is 2. The van der Waals surface area contributed by atoms with Crippen LogP contribution < -0.4 is 15.5 Å². The molecule has 8 heteroatoms. The first-order chi connectivity index (χ1) is 14.6. The molecule has 8 nitrogen and oxygen atoms in total. The second-order valence-corrected chi connectivity index (χ2v) is 8.77. The number of nitrogens with zero attached hydrogens (tertiary/aromatic N) is 4. The molecule has 2 aromatic rings. The van der Waals surface area contributed by atoms with Crippen LogP contribution in [0.1, 0.15) is 43.6 Å². The maximum atomic E-state index is 12.3. The molecule has 1 aromatic carbocycles. The number of hydrogen-bond donors (Lipinski definition) is 2. The minimum Gasteiger partial charge on any atom is -0.317 e. The number of anilines is 1. The van der Waals surface area contributed by atoms with Crippen LogP contribution in [0.25, 0.3) is 10.9 Å². The third-order valence-corrected chi connectivity index (χ3v) is 6.99. The number of carbonyl (C=O) groups is 2. The highest BCUT2D eigenvalue weighted by atomic mass is 16.2. The molecule has 3 saturated heterocycles. The van der Waals surface area contributed by atoms with Gasteiger partial charge < -0.3 is 10.2 Å². The summed E-state index contributed by atoms with van der Waals surface area (Å²) in [5.41, 5.74) is 2.40. The highest BCUT2D eigenvalue weighted by molar-refractivity contribution is 6.08. The van der Waals surface area contributed by atoms with Crippen LogP contribution in [0.2, 0.25) is 0 Å². The van der Waals surface area contributed by atoms with E-state index in [1.54, 1.807) is 4.90 Å². The Morgan fingerprint density at radius 3 is 2.53 bits per heavy atom. The summed E-state index contributed by atoms with van der Waals surface area (Å²) in [5, 5.41) is 11.4. The SMILES string of the molecule is Cn1nc(N2CCC(=O)NC2=O)c2ccc(C3CCN(C4CCNCC4)CC3)cc21. The first kappa shape index (κ1) is 19.5. The number of fused-ring (bicyclic) bond motifs is 1. The molecule has 0 saturated carbocycles. The average molecular weight is 411 g/mol. The molecule has 0 bridgehead atoms. The minimum absolute atomic E-state index is 0.227. The molecule has 3 aliphatic rings. The highest BCUT2D eigenvalue weighted by Crippen LogP contribution is 2.34. The zero-order valence-electron chi connectivity index (χ0n) is 17.6. The lowest BCUT2D eigenvalue weighted by molar-refractivity contribution is -0.120. The van der Waals surface area contributed by atoms with Gasteiger partial charge in [0, 0.05) is 31.4 Å². The second kappa shape index (κ2) is 8.00. The zero-order chi connectivity index (χ0) is 20.7. The van der Waals surface area contributed by atoms with Crippen molar-refractivity contribution in [3.05, 3.63) is 23.8 Å². The Morgan fingerprint density at radius 2 is 1.80 bits per heavy atom. The number of aromatic nitrogens is 2. The van der Waals surface area contributed by atoms with Crippen LogP contribution in [0.4, 0.5) is 10.6 Å². The van der Waals surface area contributed by atoms with Crippen LogP contribution in [0.5, 0.6) is 0 Å². The fraction of sp³-hybridized carbons (Fsp3) is 0.591. The van der Waals surface area contributed by atoms with Crippen LogP contribution in [0, 0.1) is 0 Å². The van der Waals surface area contributed by atoms with Gasteiger partial charge in [0.05, 0.1) is 5.52 Å². The summed E-state index contributed by atoms with van der Waals surface area (Å²) < 4.78 is 1.85. The van der Waals surface area contributed by atoms with E-state index in [9.17, 15) is 9.59 Å². The molecular formula is C22H30N6O2. The molecule has 0 atom stereocenters. The third kappa shape index (κ3) is 3.58. The Hall–Kier alpha value is -2.45. The van der Waals surface area contributed by atoms with Crippen LogP contribution in [-0.2, 0) is 11.8 Å². The van der Waals surface area contributed by atoms with Crippen molar-refractivity contribution in [1.29, 1.82) is 0 Å². The number of imide groups is 1. The molecule has 0 spiro atoms. The van der Waals surface area contributed by atoms with Crippen molar-refractivity contribution < 1.29 is 9.59 Å². The Morgan fingerprint density at radius 1 is 1.03 bits per heavy atom. The number of benzene rings is 1. The van der Waals surface area contributed by atoms with Crippen LogP contribution in [-0.4, -0.2) is 65.4 Å². The molecule has 160 valence electrons. The average Bonchev–Trinajstić information content (AvgIpc) is 3.10. The van der Waals surface area contributed by atoms with Crippen LogP contribution in [0.3, 0.4) is 0 Å². The molecule has 3 aliphatic heterocycles. The van der Waals surface area contributed by atoms with Gasteiger partial charge in [0.2, 0.25) is 5.91 Å². The van der Waals surface area contributed by atoms with Crippen molar-refractivity contribution in [2.24, 2.45) is 7.05 Å². The van der Waals surface area contributed by atoms with E-state index in [1.807, 2.05) is 11.7 Å². The van der Waals surface area contributed by atoms with Gasteiger partial charge in [-0.25, -0.2) is 4.79 Å². The van der Waals surface area contributed by atoms with Gasteiger partial charge >= 0.3 is 6.03 Å². The van der Waals surface area contributed by atoms with E-state index in [-0.39, 0.29) is 11.9 Å². The Labute approximate surface area is 176 Å². The second-order valence-electron chi connectivity index (χ2n) is 8.77. The molecule has 2 N–H and O–H groups in total. The summed E-state index contributed by atoms with van der Waals surface area (Å²) in [6, 6.07) is 6.89. The maximum Gasteiger partial charge on any atom is 0.329 e. The predicted octanol–water partition coefficient (Wildman–Crippen LogP) is 1.95. The fourth-order valence-corrected chi connectivity index (χ4v) is 5.24. The number of rotatable bonds is 3. The lowest BCUT2D eigenvalue weighted by atomic mass is 9.87. The molecule has 0 radical (unpaired) electrons. The number of hydrogen-bond acceptors (Lipinski definition) is 5. The summed E-state index contributed by atoms with van der Waals surface area (Å²) in [6.07, 6.45) is 5.22. The first-order valence-electron chi connectivity index (χ1n) is 11.1. The molecule has 0 aliphatic carbocycles. The minimum atomic E-state index is -0.388. The summed E-state index contributed by atoms with van der Waals surface area (Å²) in [4.78, 5) is 28.0. The molecule has 5 rings (SSSR count). The number of aryl methyl sites for hydroxylation is 1. The predicted molar refractivity (Wildman–Crippen MR) is 116 cm³/mol. The number of urea groups is 1. The summed E-state index contributed by atoms with van der Waals surface area (Å²) in [6.45, 7) is 5.01. The fourth-order valence-electron chi connectivity index (χ4n) is 5.24. The van der Waals surface area contributed by atoms with Gasteiger partial charge in [-0.3, -0.25) is 19.7 Å². The Balaban J connectivity index is 1.33. The highest BCUT2D eigenvalue weighted by Gasteiger charge is 2.29. The van der Waals surface area contributed by atoms with Crippen LogP contribution >= 0.6 is 0 Å². The number of nitrogens with one attached hydrogen (secondary N) is 2. The van der Waals surface area contributed by atoms with Crippen molar-refractivity contribution in [2.75, 3.05) is 37.6 Å². The normalized spacial score (nSPS) is 22.6. The monoisotopic (exact) mass is 410 g/mol. The quantitative estimate of drug-likeness (QED) is 0.808. The number of carbonyl (C=O) groups excluding carboxylic acids is 2. The van der Waals surface area contributed by atoms with Gasteiger partial charge in [0.15, 0.2) is 5.82 Å². The molecule has 3 amide bonds. The molecule has 30 heavy (non-hydrogen) atoms. The van der Waals surface area contributed by atoms with E-state index in [1.165, 1.54) is 44.3 Å². The van der Waals surface area contributed by atoms with Gasteiger partial charge in [-0.15, -0.1) is 0 Å². The lowest BCUT2D eigenvalue weighted by Crippen LogP contribution is -2.49. The van der Waals surface area contributed by atoms with E-state index in [2.05, 4.69) is 38.8 Å².